The second-order valence-electron chi connectivity index (χ2n) is 6.83. The third-order valence-electron chi connectivity index (χ3n) is 4.97. The van der Waals surface area contributed by atoms with Crippen molar-refractivity contribution in [2.45, 2.75) is 51.5 Å². The Morgan fingerprint density at radius 2 is 2.16 bits per heavy atom. The van der Waals surface area contributed by atoms with Gasteiger partial charge in [-0.3, -0.25) is 4.90 Å². The molecular weight excluding hydrogens is 316 g/mol. The highest BCUT2D eigenvalue weighted by atomic mass is 16.5. The van der Waals surface area contributed by atoms with E-state index in [2.05, 4.69) is 33.9 Å². The summed E-state index contributed by atoms with van der Waals surface area (Å²) >= 11 is 0. The second-order valence-corrected chi connectivity index (χ2v) is 6.83. The van der Waals surface area contributed by atoms with E-state index < -0.39 is 0 Å². The molecule has 1 aromatic carbocycles. The first-order valence-corrected chi connectivity index (χ1v) is 9.16. The Bertz CT molecular complexity index is 808. The molecular formula is C19H24N4O2. The molecule has 3 aromatic rings. The number of hydrogen-bond donors (Lipinski definition) is 0. The van der Waals surface area contributed by atoms with E-state index in [9.17, 15) is 0 Å². The molecule has 1 fully saturated rings. The van der Waals surface area contributed by atoms with Crippen molar-refractivity contribution >= 4 is 11.1 Å². The summed E-state index contributed by atoms with van der Waals surface area (Å²) in [5.41, 5.74) is 1.80. The van der Waals surface area contributed by atoms with E-state index in [1.807, 2.05) is 24.3 Å². The number of fused-ring (bicyclic) bond motifs is 1. The van der Waals surface area contributed by atoms with E-state index in [0.29, 0.717) is 11.8 Å². The highest BCUT2D eigenvalue weighted by molar-refractivity contribution is 5.72. The van der Waals surface area contributed by atoms with E-state index in [0.717, 1.165) is 61.6 Å². The van der Waals surface area contributed by atoms with E-state index in [4.69, 9.17) is 8.94 Å². The predicted octanol–water partition coefficient (Wildman–Crippen LogP) is 4.10. The summed E-state index contributed by atoms with van der Waals surface area (Å²) in [5, 5.41) is 4.08. The molecule has 2 atom stereocenters. The molecule has 1 saturated heterocycles. The number of piperidine rings is 1. The van der Waals surface area contributed by atoms with E-state index in [-0.39, 0.29) is 6.04 Å². The first-order chi connectivity index (χ1) is 12.2. The van der Waals surface area contributed by atoms with Crippen molar-refractivity contribution in [3.8, 4) is 0 Å². The van der Waals surface area contributed by atoms with Crippen molar-refractivity contribution in [2.75, 3.05) is 13.1 Å². The number of para-hydroxylation sites is 2. The number of likely N-dealkylation sites (tertiary alicyclic amines) is 1. The smallest absolute Gasteiger partial charge is 0.243 e. The molecule has 132 valence electrons. The SMILES string of the molecule is CCCc1noc([C@@H](C)N2CCC[C@H](c3nc4ccccc4o3)C2)n1. The molecule has 25 heavy (non-hydrogen) atoms. The Morgan fingerprint density at radius 3 is 3.00 bits per heavy atom. The van der Waals surface area contributed by atoms with Gasteiger partial charge in [0, 0.05) is 18.9 Å². The van der Waals surface area contributed by atoms with E-state index >= 15 is 0 Å². The number of benzene rings is 1. The minimum Gasteiger partial charge on any atom is -0.440 e. The van der Waals surface area contributed by atoms with Crippen LogP contribution in [0.25, 0.3) is 11.1 Å². The fraction of sp³-hybridized carbons (Fsp3) is 0.526. The van der Waals surface area contributed by atoms with Crippen LogP contribution in [-0.4, -0.2) is 33.1 Å². The normalized spacial score (nSPS) is 20.2. The molecule has 0 N–H and O–H groups in total. The van der Waals surface area contributed by atoms with Crippen LogP contribution in [0.5, 0.6) is 0 Å². The largest absolute Gasteiger partial charge is 0.440 e. The Balaban J connectivity index is 1.49. The van der Waals surface area contributed by atoms with Crippen LogP contribution in [0.1, 0.15) is 62.7 Å². The zero-order valence-electron chi connectivity index (χ0n) is 14.8. The molecule has 1 aliphatic rings. The highest BCUT2D eigenvalue weighted by Gasteiger charge is 2.30. The summed E-state index contributed by atoms with van der Waals surface area (Å²) in [6, 6.07) is 8.07. The first kappa shape index (κ1) is 16.3. The molecule has 0 spiro atoms. The monoisotopic (exact) mass is 340 g/mol. The quantitative estimate of drug-likeness (QED) is 0.696. The third-order valence-corrected chi connectivity index (χ3v) is 4.97. The number of aromatic nitrogens is 3. The second kappa shape index (κ2) is 6.96. The lowest BCUT2D eigenvalue weighted by Crippen LogP contribution is -2.36. The molecule has 0 bridgehead atoms. The van der Waals surface area contributed by atoms with Gasteiger partial charge in [-0.05, 0) is 44.9 Å². The van der Waals surface area contributed by atoms with Gasteiger partial charge in [-0.25, -0.2) is 4.98 Å². The van der Waals surface area contributed by atoms with Crippen molar-refractivity contribution in [2.24, 2.45) is 0 Å². The number of oxazole rings is 1. The zero-order chi connectivity index (χ0) is 17.2. The van der Waals surface area contributed by atoms with Gasteiger partial charge in [0.05, 0.1) is 6.04 Å². The minimum atomic E-state index is 0.116. The third kappa shape index (κ3) is 3.31. The Morgan fingerprint density at radius 1 is 1.28 bits per heavy atom. The maximum atomic E-state index is 5.99. The summed E-state index contributed by atoms with van der Waals surface area (Å²) in [6.07, 6.45) is 4.10. The van der Waals surface area contributed by atoms with Crippen molar-refractivity contribution in [3.63, 3.8) is 0 Å². The molecule has 6 nitrogen and oxygen atoms in total. The molecule has 0 aliphatic carbocycles. The molecule has 6 heteroatoms. The number of hydrogen-bond acceptors (Lipinski definition) is 6. The van der Waals surface area contributed by atoms with Gasteiger partial charge in [0.25, 0.3) is 0 Å². The average molecular weight is 340 g/mol. The van der Waals surface area contributed by atoms with Gasteiger partial charge in [0.15, 0.2) is 17.3 Å². The van der Waals surface area contributed by atoms with Gasteiger partial charge in [0.2, 0.25) is 5.89 Å². The Labute approximate surface area is 147 Å². The van der Waals surface area contributed by atoms with Crippen molar-refractivity contribution < 1.29 is 8.94 Å². The van der Waals surface area contributed by atoms with Crippen LogP contribution in [0.15, 0.2) is 33.2 Å². The van der Waals surface area contributed by atoms with Gasteiger partial charge in [-0.1, -0.05) is 24.2 Å². The van der Waals surface area contributed by atoms with E-state index in [1.54, 1.807) is 0 Å². The molecule has 1 aliphatic heterocycles. The summed E-state index contributed by atoms with van der Waals surface area (Å²) in [7, 11) is 0. The van der Waals surface area contributed by atoms with Crippen molar-refractivity contribution in [1.82, 2.24) is 20.0 Å². The van der Waals surface area contributed by atoms with Crippen LogP contribution in [0.4, 0.5) is 0 Å². The molecule has 2 aromatic heterocycles. The van der Waals surface area contributed by atoms with Crippen LogP contribution in [-0.2, 0) is 6.42 Å². The van der Waals surface area contributed by atoms with Gasteiger partial charge in [0.1, 0.15) is 5.52 Å². The lowest BCUT2D eigenvalue weighted by Gasteiger charge is -2.34. The van der Waals surface area contributed by atoms with E-state index in [1.165, 1.54) is 0 Å². The van der Waals surface area contributed by atoms with Crippen LogP contribution >= 0.6 is 0 Å². The topological polar surface area (TPSA) is 68.2 Å². The van der Waals surface area contributed by atoms with Gasteiger partial charge in [-0.2, -0.15) is 4.98 Å². The fourth-order valence-electron chi connectivity index (χ4n) is 3.54. The molecule has 4 rings (SSSR count). The van der Waals surface area contributed by atoms with Gasteiger partial charge < -0.3 is 8.94 Å². The molecule has 0 saturated carbocycles. The molecule has 3 heterocycles. The minimum absolute atomic E-state index is 0.116. The zero-order valence-corrected chi connectivity index (χ0v) is 14.8. The average Bonchev–Trinajstić information content (AvgIpc) is 3.28. The van der Waals surface area contributed by atoms with Crippen LogP contribution < -0.4 is 0 Å². The summed E-state index contributed by atoms with van der Waals surface area (Å²) in [4.78, 5) is 11.6. The Kier molecular flexibility index (Phi) is 4.53. The number of aryl methyl sites for hydroxylation is 1. The van der Waals surface area contributed by atoms with Crippen molar-refractivity contribution in [1.29, 1.82) is 0 Å². The predicted molar refractivity (Wildman–Crippen MR) is 94.3 cm³/mol. The summed E-state index contributed by atoms with van der Waals surface area (Å²) in [6.45, 7) is 6.19. The number of rotatable bonds is 5. The lowest BCUT2D eigenvalue weighted by molar-refractivity contribution is 0.126. The standard InChI is InChI=1S/C19H24N4O2/c1-3-7-17-21-18(25-22-17)13(2)23-11-6-8-14(12-23)19-20-15-9-4-5-10-16(15)24-19/h4-5,9-10,13-14H,3,6-8,11-12H2,1-2H3/t13-,14+/m1/s1. The van der Waals surface area contributed by atoms with Crippen LogP contribution in [0.2, 0.25) is 0 Å². The molecule has 0 radical (unpaired) electrons. The molecule has 0 unspecified atom stereocenters. The summed E-state index contributed by atoms with van der Waals surface area (Å²) < 4.78 is 11.5. The van der Waals surface area contributed by atoms with Crippen LogP contribution in [0, 0.1) is 0 Å². The maximum absolute atomic E-state index is 5.99. The van der Waals surface area contributed by atoms with Gasteiger partial charge in [-0.15, -0.1) is 0 Å². The maximum Gasteiger partial charge on any atom is 0.243 e. The lowest BCUT2D eigenvalue weighted by atomic mass is 9.97. The first-order valence-electron chi connectivity index (χ1n) is 9.16. The summed E-state index contributed by atoms with van der Waals surface area (Å²) in [5.74, 6) is 2.66. The van der Waals surface area contributed by atoms with Gasteiger partial charge >= 0.3 is 0 Å². The number of nitrogens with zero attached hydrogens (tertiary/aromatic N) is 4. The van der Waals surface area contributed by atoms with Crippen molar-refractivity contribution in [3.05, 3.63) is 41.9 Å². The van der Waals surface area contributed by atoms with Crippen LogP contribution in [0.3, 0.4) is 0 Å². The molecule has 0 amide bonds. The highest BCUT2D eigenvalue weighted by Crippen LogP contribution is 2.32. The Hall–Kier alpha value is -2.21. The fourth-order valence-corrected chi connectivity index (χ4v) is 3.54.